The fourth-order valence-electron chi connectivity index (χ4n) is 3.62. The van der Waals surface area contributed by atoms with Gasteiger partial charge in [0.2, 0.25) is 5.54 Å². The number of hydrogen-bond acceptors (Lipinski definition) is 7. The summed E-state index contributed by atoms with van der Waals surface area (Å²) in [6, 6.07) is 7.30. The molecule has 0 amide bonds. The van der Waals surface area contributed by atoms with Gasteiger partial charge in [-0.1, -0.05) is 26.0 Å². The first-order valence-corrected chi connectivity index (χ1v) is 8.41. The maximum atomic E-state index is 12.7. The van der Waals surface area contributed by atoms with Gasteiger partial charge in [0.05, 0.1) is 27.2 Å². The van der Waals surface area contributed by atoms with E-state index in [1.165, 1.54) is 14.2 Å². The quantitative estimate of drug-likeness (QED) is 0.578. The zero-order chi connectivity index (χ0) is 19.5. The van der Waals surface area contributed by atoms with Crippen LogP contribution >= 0.6 is 0 Å². The van der Waals surface area contributed by atoms with Crippen LogP contribution in [0.2, 0.25) is 0 Å². The standard InChI is InChI=1S/C19H25NO6/c1-12-10-20(11-14-6-8-15(24-3)9-7-14)19(17(22)25-4,18(23)26-5)13(2)16(12)21/h6-9,12-13H,10-11H2,1-5H3. The Balaban J connectivity index is 2.50. The minimum absolute atomic E-state index is 0.160. The Labute approximate surface area is 153 Å². The molecule has 7 nitrogen and oxygen atoms in total. The van der Waals surface area contributed by atoms with Gasteiger partial charge in [-0.25, -0.2) is 9.59 Å². The van der Waals surface area contributed by atoms with E-state index in [0.717, 1.165) is 5.56 Å². The Morgan fingerprint density at radius 3 is 2.08 bits per heavy atom. The van der Waals surface area contributed by atoms with Crippen molar-refractivity contribution in [2.45, 2.75) is 25.9 Å². The third-order valence-electron chi connectivity index (χ3n) is 5.06. The predicted octanol–water partition coefficient (Wildman–Crippen LogP) is 1.44. The van der Waals surface area contributed by atoms with Gasteiger partial charge in [-0.15, -0.1) is 0 Å². The van der Waals surface area contributed by atoms with Crippen LogP contribution < -0.4 is 4.74 Å². The maximum absolute atomic E-state index is 12.7. The van der Waals surface area contributed by atoms with Crippen LogP contribution in [-0.2, 0) is 30.4 Å². The second-order valence-corrected chi connectivity index (χ2v) is 6.50. The molecule has 0 aromatic heterocycles. The summed E-state index contributed by atoms with van der Waals surface area (Å²) in [7, 11) is 3.98. The summed E-state index contributed by atoms with van der Waals surface area (Å²) in [5.74, 6) is -2.23. The van der Waals surface area contributed by atoms with E-state index in [9.17, 15) is 14.4 Å². The number of likely N-dealkylation sites (tertiary alicyclic amines) is 1. The van der Waals surface area contributed by atoms with Crippen molar-refractivity contribution in [2.75, 3.05) is 27.9 Å². The molecule has 1 fully saturated rings. The fourth-order valence-corrected chi connectivity index (χ4v) is 3.62. The Bertz CT molecular complexity index is 668. The predicted molar refractivity (Wildman–Crippen MR) is 93.5 cm³/mol. The smallest absolute Gasteiger partial charge is 0.338 e. The molecule has 1 saturated heterocycles. The van der Waals surface area contributed by atoms with Crippen molar-refractivity contribution in [3.8, 4) is 5.75 Å². The van der Waals surface area contributed by atoms with Crippen LogP contribution in [0.15, 0.2) is 24.3 Å². The van der Waals surface area contributed by atoms with Gasteiger partial charge in [0.15, 0.2) is 0 Å². The minimum atomic E-state index is -1.80. The topological polar surface area (TPSA) is 82.1 Å². The maximum Gasteiger partial charge on any atom is 0.338 e. The fraction of sp³-hybridized carbons (Fsp3) is 0.526. The number of rotatable bonds is 5. The highest BCUT2D eigenvalue weighted by atomic mass is 16.5. The molecule has 1 aromatic carbocycles. The first-order chi connectivity index (χ1) is 12.3. The highest BCUT2D eigenvalue weighted by Gasteiger charge is 2.62. The van der Waals surface area contributed by atoms with Gasteiger partial charge in [0.1, 0.15) is 11.5 Å². The molecule has 1 aliphatic heterocycles. The molecular formula is C19H25NO6. The summed E-state index contributed by atoms with van der Waals surface area (Å²) >= 11 is 0. The zero-order valence-electron chi connectivity index (χ0n) is 15.8. The SMILES string of the molecule is COC(=O)C1(C(=O)OC)C(C)C(=O)C(C)CN1Cc1ccc(OC)cc1. The highest BCUT2D eigenvalue weighted by Crippen LogP contribution is 2.37. The first-order valence-electron chi connectivity index (χ1n) is 8.41. The van der Waals surface area contributed by atoms with Crippen molar-refractivity contribution >= 4 is 17.7 Å². The van der Waals surface area contributed by atoms with Crippen LogP contribution in [0.4, 0.5) is 0 Å². The molecule has 0 spiro atoms. The summed E-state index contributed by atoms with van der Waals surface area (Å²) in [5.41, 5.74) is -0.927. The number of Topliss-reactive ketones (excluding diaryl/α,β-unsaturated/α-hetero) is 1. The molecule has 0 aliphatic carbocycles. The highest BCUT2D eigenvalue weighted by molar-refractivity contribution is 6.10. The lowest BCUT2D eigenvalue weighted by molar-refractivity contribution is -0.185. The number of carbonyl (C=O) groups is 3. The van der Waals surface area contributed by atoms with Crippen LogP contribution in [0.3, 0.4) is 0 Å². The molecule has 0 radical (unpaired) electrons. The number of hydrogen-bond donors (Lipinski definition) is 0. The molecular weight excluding hydrogens is 338 g/mol. The number of carbonyl (C=O) groups excluding carboxylic acids is 3. The van der Waals surface area contributed by atoms with Gasteiger partial charge in [-0.3, -0.25) is 9.69 Å². The van der Waals surface area contributed by atoms with Crippen molar-refractivity contribution in [1.82, 2.24) is 4.90 Å². The van der Waals surface area contributed by atoms with E-state index < -0.39 is 23.4 Å². The average molecular weight is 363 g/mol. The second kappa shape index (κ2) is 7.86. The minimum Gasteiger partial charge on any atom is -0.497 e. The largest absolute Gasteiger partial charge is 0.497 e. The van der Waals surface area contributed by atoms with Crippen LogP contribution in [0.1, 0.15) is 19.4 Å². The van der Waals surface area contributed by atoms with Crippen LogP contribution in [0.25, 0.3) is 0 Å². The molecule has 7 heteroatoms. The summed E-state index contributed by atoms with van der Waals surface area (Å²) in [6.07, 6.45) is 0. The Morgan fingerprint density at radius 1 is 1.08 bits per heavy atom. The van der Waals surface area contributed by atoms with E-state index >= 15 is 0 Å². The number of methoxy groups -OCH3 is 3. The molecule has 1 heterocycles. The molecule has 2 rings (SSSR count). The van der Waals surface area contributed by atoms with Crippen molar-refractivity contribution in [3.05, 3.63) is 29.8 Å². The van der Waals surface area contributed by atoms with Crippen molar-refractivity contribution in [3.63, 3.8) is 0 Å². The molecule has 2 atom stereocenters. The van der Waals surface area contributed by atoms with Gasteiger partial charge >= 0.3 is 11.9 Å². The average Bonchev–Trinajstić information content (AvgIpc) is 2.66. The molecule has 0 bridgehead atoms. The molecule has 0 saturated carbocycles. The van der Waals surface area contributed by atoms with Crippen LogP contribution in [-0.4, -0.2) is 56.0 Å². The van der Waals surface area contributed by atoms with Gasteiger partial charge < -0.3 is 14.2 Å². The second-order valence-electron chi connectivity index (χ2n) is 6.50. The van der Waals surface area contributed by atoms with Gasteiger partial charge in [0.25, 0.3) is 0 Å². The summed E-state index contributed by atoms with van der Waals surface area (Å²) in [5, 5.41) is 0. The third-order valence-corrected chi connectivity index (χ3v) is 5.06. The monoisotopic (exact) mass is 363 g/mol. The Morgan fingerprint density at radius 2 is 1.62 bits per heavy atom. The van der Waals surface area contributed by atoms with E-state index in [0.29, 0.717) is 5.75 Å². The molecule has 26 heavy (non-hydrogen) atoms. The Hall–Kier alpha value is -2.41. The summed E-state index contributed by atoms with van der Waals surface area (Å²) < 4.78 is 15.0. The molecule has 142 valence electrons. The van der Waals surface area contributed by atoms with Gasteiger partial charge in [-0.2, -0.15) is 0 Å². The van der Waals surface area contributed by atoms with Crippen molar-refractivity contribution < 1.29 is 28.6 Å². The molecule has 1 aromatic rings. The number of piperidine rings is 1. The normalized spacial score (nSPS) is 22.6. The molecule has 1 aliphatic rings. The molecule has 2 unspecified atom stereocenters. The lowest BCUT2D eigenvalue weighted by atomic mass is 9.73. The van der Waals surface area contributed by atoms with E-state index in [-0.39, 0.29) is 24.8 Å². The number of esters is 2. The first kappa shape index (κ1) is 19.9. The number of benzene rings is 1. The van der Waals surface area contributed by atoms with E-state index in [4.69, 9.17) is 14.2 Å². The zero-order valence-corrected chi connectivity index (χ0v) is 15.8. The lowest BCUT2D eigenvalue weighted by Gasteiger charge is -2.47. The van der Waals surface area contributed by atoms with E-state index in [1.54, 1.807) is 38.0 Å². The summed E-state index contributed by atoms with van der Waals surface area (Å²) in [6.45, 7) is 3.90. The van der Waals surface area contributed by atoms with Gasteiger partial charge in [0, 0.05) is 19.0 Å². The lowest BCUT2D eigenvalue weighted by Crippen LogP contribution is -2.70. The molecule has 0 N–H and O–H groups in total. The van der Waals surface area contributed by atoms with Crippen LogP contribution in [0.5, 0.6) is 5.75 Å². The van der Waals surface area contributed by atoms with E-state index in [1.807, 2.05) is 12.1 Å². The van der Waals surface area contributed by atoms with Crippen molar-refractivity contribution in [1.29, 1.82) is 0 Å². The number of nitrogens with zero attached hydrogens (tertiary/aromatic N) is 1. The van der Waals surface area contributed by atoms with E-state index in [2.05, 4.69) is 0 Å². The summed E-state index contributed by atoms with van der Waals surface area (Å²) in [4.78, 5) is 39.7. The van der Waals surface area contributed by atoms with Crippen molar-refractivity contribution in [2.24, 2.45) is 11.8 Å². The number of ether oxygens (including phenoxy) is 3. The third kappa shape index (κ3) is 3.19. The Kier molecular flexibility index (Phi) is 6.02. The van der Waals surface area contributed by atoms with Crippen LogP contribution in [0, 0.1) is 11.8 Å². The van der Waals surface area contributed by atoms with Gasteiger partial charge in [-0.05, 0) is 17.7 Å². The number of ketones is 1.